The molecule has 2 aromatic heterocycles. The molecule has 0 radical (unpaired) electrons. The van der Waals surface area contributed by atoms with Gasteiger partial charge in [-0.2, -0.15) is 0 Å². The Morgan fingerprint density at radius 2 is 2.12 bits per heavy atom. The fourth-order valence-electron chi connectivity index (χ4n) is 2.97. The molecule has 3 aromatic rings. The number of imidazole rings is 1. The van der Waals surface area contributed by atoms with Crippen molar-refractivity contribution < 1.29 is 0 Å². The Morgan fingerprint density at radius 1 is 1.24 bits per heavy atom. The highest BCUT2D eigenvalue weighted by Crippen LogP contribution is 2.23. The molecule has 1 N–H and O–H groups in total. The number of para-hydroxylation sites is 1. The smallest absolute Gasteiger partial charge is 0.261 e. The number of rotatable bonds is 3. The predicted molar refractivity (Wildman–Crippen MR) is 100 cm³/mol. The molecule has 4 rings (SSSR count). The second kappa shape index (κ2) is 6.36. The summed E-state index contributed by atoms with van der Waals surface area (Å²) in [7, 11) is 1.73. The van der Waals surface area contributed by atoms with Gasteiger partial charge < -0.3 is 4.98 Å². The van der Waals surface area contributed by atoms with Gasteiger partial charge in [-0.1, -0.05) is 36.4 Å². The van der Waals surface area contributed by atoms with Crippen LogP contribution in [0, 0.1) is 0 Å². The molecule has 5 nitrogen and oxygen atoms in total. The predicted octanol–water partition coefficient (Wildman–Crippen LogP) is 3.43. The molecule has 0 saturated carbocycles. The molecule has 0 bridgehead atoms. The molecule has 1 aliphatic rings. The molecule has 0 fully saturated rings. The first-order valence-corrected chi connectivity index (χ1v) is 8.24. The lowest BCUT2D eigenvalue weighted by atomic mass is 9.98. The summed E-state index contributed by atoms with van der Waals surface area (Å²) in [6.07, 6.45) is 14.9. The van der Waals surface area contributed by atoms with Crippen molar-refractivity contribution in [1.29, 1.82) is 0 Å². The maximum Gasteiger partial charge on any atom is 0.261 e. The van der Waals surface area contributed by atoms with Gasteiger partial charge in [0.2, 0.25) is 0 Å². The number of hydrogen-bond acceptors (Lipinski definition) is 3. The van der Waals surface area contributed by atoms with Gasteiger partial charge in [0.25, 0.3) is 5.56 Å². The minimum absolute atomic E-state index is 0.0514. The first-order chi connectivity index (χ1) is 12.2. The highest BCUT2D eigenvalue weighted by molar-refractivity contribution is 5.79. The molecule has 0 amide bonds. The van der Waals surface area contributed by atoms with Gasteiger partial charge in [-0.05, 0) is 30.7 Å². The standard InChI is InChI=1S/C20H18N4O/c1-24-19(23-16-10-6-5-9-15(16)20(24)25)12-11-18-21-13-17(22-18)14-7-3-2-4-8-14/h2-7,9-14H,8H2,1H3,(H,21,22)/b12-11+. The molecule has 0 aliphatic heterocycles. The normalized spacial score (nSPS) is 16.9. The summed E-state index contributed by atoms with van der Waals surface area (Å²) < 4.78 is 1.55. The summed E-state index contributed by atoms with van der Waals surface area (Å²) in [4.78, 5) is 24.7. The number of hydrogen-bond donors (Lipinski definition) is 1. The van der Waals surface area contributed by atoms with Crippen LogP contribution in [-0.4, -0.2) is 19.5 Å². The van der Waals surface area contributed by atoms with Gasteiger partial charge in [0.1, 0.15) is 11.6 Å². The van der Waals surface area contributed by atoms with Crippen molar-refractivity contribution in [2.75, 3.05) is 0 Å². The van der Waals surface area contributed by atoms with Gasteiger partial charge in [0.05, 0.1) is 10.9 Å². The third kappa shape index (κ3) is 2.96. The van der Waals surface area contributed by atoms with Gasteiger partial charge >= 0.3 is 0 Å². The fourth-order valence-corrected chi connectivity index (χ4v) is 2.97. The van der Waals surface area contributed by atoms with Crippen LogP contribution >= 0.6 is 0 Å². The van der Waals surface area contributed by atoms with Crippen LogP contribution in [-0.2, 0) is 7.05 Å². The molecular weight excluding hydrogens is 312 g/mol. The van der Waals surface area contributed by atoms with E-state index in [2.05, 4.69) is 39.3 Å². The Hall–Kier alpha value is -3.21. The van der Waals surface area contributed by atoms with E-state index in [0.717, 1.165) is 17.9 Å². The minimum atomic E-state index is -0.0514. The van der Waals surface area contributed by atoms with E-state index in [0.29, 0.717) is 22.6 Å². The number of aromatic amines is 1. The summed E-state index contributed by atoms with van der Waals surface area (Å²) >= 11 is 0. The van der Waals surface area contributed by atoms with Crippen LogP contribution in [0.3, 0.4) is 0 Å². The fraction of sp³-hybridized carbons (Fsp3) is 0.150. The zero-order valence-corrected chi connectivity index (χ0v) is 13.9. The van der Waals surface area contributed by atoms with Crippen molar-refractivity contribution in [2.24, 2.45) is 7.05 Å². The molecule has 1 unspecified atom stereocenters. The molecule has 1 atom stereocenters. The molecule has 1 aliphatic carbocycles. The van der Waals surface area contributed by atoms with Crippen molar-refractivity contribution in [2.45, 2.75) is 12.3 Å². The zero-order chi connectivity index (χ0) is 17.2. The van der Waals surface area contributed by atoms with Crippen molar-refractivity contribution in [1.82, 2.24) is 19.5 Å². The second-order valence-electron chi connectivity index (χ2n) is 6.06. The van der Waals surface area contributed by atoms with Crippen molar-refractivity contribution >= 4 is 23.1 Å². The number of nitrogens with zero attached hydrogens (tertiary/aromatic N) is 3. The number of benzene rings is 1. The largest absolute Gasteiger partial charge is 0.342 e. The van der Waals surface area contributed by atoms with Gasteiger partial charge in [-0.25, -0.2) is 9.97 Å². The van der Waals surface area contributed by atoms with Gasteiger partial charge in [0.15, 0.2) is 0 Å². The highest BCUT2D eigenvalue weighted by Gasteiger charge is 2.11. The third-order valence-corrected chi connectivity index (χ3v) is 4.40. The van der Waals surface area contributed by atoms with E-state index in [1.54, 1.807) is 17.7 Å². The lowest BCUT2D eigenvalue weighted by Crippen LogP contribution is -2.20. The number of aromatic nitrogens is 4. The van der Waals surface area contributed by atoms with Crippen LogP contribution in [0.5, 0.6) is 0 Å². The Kier molecular flexibility index (Phi) is 3.90. The van der Waals surface area contributed by atoms with E-state index in [-0.39, 0.29) is 5.56 Å². The quantitative estimate of drug-likeness (QED) is 0.800. The maximum absolute atomic E-state index is 12.4. The van der Waals surface area contributed by atoms with E-state index in [1.165, 1.54) is 0 Å². The van der Waals surface area contributed by atoms with Crippen LogP contribution in [0.1, 0.15) is 29.7 Å². The first-order valence-electron chi connectivity index (χ1n) is 8.24. The number of H-pyrrole nitrogens is 1. The third-order valence-electron chi connectivity index (χ3n) is 4.40. The Labute approximate surface area is 145 Å². The van der Waals surface area contributed by atoms with Crippen molar-refractivity contribution in [3.63, 3.8) is 0 Å². The molecule has 0 spiro atoms. The average molecular weight is 330 g/mol. The lowest BCUT2D eigenvalue weighted by Gasteiger charge is -2.09. The van der Waals surface area contributed by atoms with E-state index >= 15 is 0 Å². The van der Waals surface area contributed by atoms with Crippen LogP contribution in [0.15, 0.2) is 59.6 Å². The maximum atomic E-state index is 12.4. The van der Waals surface area contributed by atoms with E-state index in [9.17, 15) is 4.79 Å². The monoisotopic (exact) mass is 330 g/mol. The van der Waals surface area contributed by atoms with Gasteiger partial charge in [-0.3, -0.25) is 9.36 Å². The van der Waals surface area contributed by atoms with E-state index < -0.39 is 0 Å². The number of fused-ring (bicyclic) bond motifs is 1. The van der Waals surface area contributed by atoms with E-state index in [1.807, 2.05) is 36.5 Å². The summed E-state index contributed by atoms with van der Waals surface area (Å²) in [6, 6.07) is 7.37. The van der Waals surface area contributed by atoms with Gasteiger partial charge in [0, 0.05) is 24.9 Å². The topological polar surface area (TPSA) is 63.6 Å². The Morgan fingerprint density at radius 3 is 2.96 bits per heavy atom. The van der Waals surface area contributed by atoms with Crippen molar-refractivity contribution in [3.8, 4) is 0 Å². The summed E-state index contributed by atoms with van der Waals surface area (Å²) in [5, 5.41) is 0.625. The molecule has 2 heterocycles. The van der Waals surface area contributed by atoms with Crippen LogP contribution in [0.2, 0.25) is 0 Å². The molecule has 25 heavy (non-hydrogen) atoms. The van der Waals surface area contributed by atoms with Gasteiger partial charge in [-0.15, -0.1) is 0 Å². The molecule has 5 heteroatoms. The average Bonchev–Trinajstić information content (AvgIpc) is 3.13. The SMILES string of the molecule is Cn1c(/C=C/c2ncc(C3C=CC=CC3)[nH]2)nc2ccccc2c1=O. The Balaban J connectivity index is 1.64. The van der Waals surface area contributed by atoms with Crippen molar-refractivity contribution in [3.05, 3.63) is 82.5 Å². The summed E-state index contributed by atoms with van der Waals surface area (Å²) in [5.41, 5.74) is 1.73. The minimum Gasteiger partial charge on any atom is -0.342 e. The summed E-state index contributed by atoms with van der Waals surface area (Å²) in [5.74, 6) is 1.69. The molecule has 0 saturated heterocycles. The number of allylic oxidation sites excluding steroid dienone is 4. The molecule has 124 valence electrons. The van der Waals surface area contributed by atoms with E-state index in [4.69, 9.17) is 0 Å². The number of nitrogens with one attached hydrogen (secondary N) is 1. The molecular formula is C20H18N4O. The highest BCUT2D eigenvalue weighted by atomic mass is 16.1. The zero-order valence-electron chi connectivity index (χ0n) is 13.9. The van der Waals surface area contributed by atoms with Crippen LogP contribution in [0.25, 0.3) is 23.1 Å². The first kappa shape index (κ1) is 15.3. The second-order valence-corrected chi connectivity index (χ2v) is 6.06. The van der Waals surface area contributed by atoms with Crippen LogP contribution < -0.4 is 5.56 Å². The molecule has 1 aromatic carbocycles. The van der Waals surface area contributed by atoms with Crippen LogP contribution in [0.4, 0.5) is 0 Å². The lowest BCUT2D eigenvalue weighted by molar-refractivity contribution is 0.823. The Bertz CT molecular complexity index is 1070. The summed E-state index contributed by atoms with van der Waals surface area (Å²) in [6.45, 7) is 0.